The maximum absolute atomic E-state index is 13.4. The Kier molecular flexibility index (Phi) is 4.45. The van der Waals surface area contributed by atoms with Crippen LogP contribution in [0.1, 0.15) is 51.2 Å². The van der Waals surface area contributed by atoms with Crippen LogP contribution < -0.4 is 0 Å². The van der Waals surface area contributed by atoms with Gasteiger partial charge in [0.1, 0.15) is 5.82 Å². The second-order valence-electron chi connectivity index (χ2n) is 6.81. The molecule has 1 aromatic carbocycles. The molecule has 20 heavy (non-hydrogen) atoms. The highest BCUT2D eigenvalue weighted by atomic mass is 19.1. The van der Waals surface area contributed by atoms with E-state index in [1.807, 2.05) is 6.07 Å². The first-order chi connectivity index (χ1) is 9.38. The Morgan fingerprint density at radius 1 is 1.35 bits per heavy atom. The van der Waals surface area contributed by atoms with Gasteiger partial charge < -0.3 is 4.74 Å². The van der Waals surface area contributed by atoms with Gasteiger partial charge in [0.25, 0.3) is 0 Å². The summed E-state index contributed by atoms with van der Waals surface area (Å²) in [6.07, 6.45) is 3.55. The molecule has 1 saturated carbocycles. The predicted molar refractivity (Wildman–Crippen MR) is 76.5 cm³/mol. The van der Waals surface area contributed by atoms with Gasteiger partial charge in [-0.2, -0.15) is 5.26 Å². The van der Waals surface area contributed by atoms with E-state index in [1.54, 1.807) is 6.07 Å². The van der Waals surface area contributed by atoms with Crippen LogP contribution in [0.2, 0.25) is 0 Å². The molecular formula is C17H22FNO. The van der Waals surface area contributed by atoms with Crippen molar-refractivity contribution in [2.24, 2.45) is 11.3 Å². The summed E-state index contributed by atoms with van der Waals surface area (Å²) in [6, 6.07) is 6.35. The zero-order valence-corrected chi connectivity index (χ0v) is 12.4. The van der Waals surface area contributed by atoms with E-state index >= 15 is 0 Å². The summed E-state index contributed by atoms with van der Waals surface area (Å²) in [6.45, 7) is 7.18. The number of nitriles is 1. The van der Waals surface area contributed by atoms with Crippen molar-refractivity contribution in [2.45, 2.75) is 52.7 Å². The minimum atomic E-state index is -0.375. The van der Waals surface area contributed by atoms with E-state index in [1.165, 1.54) is 18.6 Å². The highest BCUT2D eigenvalue weighted by Crippen LogP contribution is 2.39. The molecule has 1 fully saturated rings. The lowest BCUT2D eigenvalue weighted by Gasteiger charge is -2.38. The van der Waals surface area contributed by atoms with Gasteiger partial charge in [-0.25, -0.2) is 4.39 Å². The minimum Gasteiger partial charge on any atom is -0.374 e. The molecule has 0 radical (unpaired) electrons. The molecule has 0 aromatic heterocycles. The van der Waals surface area contributed by atoms with Gasteiger partial charge in [-0.3, -0.25) is 0 Å². The van der Waals surface area contributed by atoms with Crippen molar-refractivity contribution in [1.29, 1.82) is 5.26 Å². The fourth-order valence-corrected chi connectivity index (χ4v) is 3.40. The van der Waals surface area contributed by atoms with Gasteiger partial charge in [-0.15, -0.1) is 0 Å². The van der Waals surface area contributed by atoms with Crippen LogP contribution in [0.5, 0.6) is 0 Å². The van der Waals surface area contributed by atoms with Gasteiger partial charge in [0.15, 0.2) is 0 Å². The maximum Gasteiger partial charge on any atom is 0.124 e. The molecule has 2 unspecified atom stereocenters. The van der Waals surface area contributed by atoms with Crippen LogP contribution in [0.15, 0.2) is 18.2 Å². The fraction of sp³-hybridized carbons (Fsp3) is 0.588. The molecular weight excluding hydrogens is 253 g/mol. The maximum atomic E-state index is 13.4. The molecule has 3 heteroatoms. The van der Waals surface area contributed by atoms with Crippen molar-refractivity contribution in [2.75, 3.05) is 0 Å². The first-order valence-corrected chi connectivity index (χ1v) is 7.19. The van der Waals surface area contributed by atoms with E-state index in [0.29, 0.717) is 23.5 Å². The van der Waals surface area contributed by atoms with Crippen molar-refractivity contribution in [3.05, 3.63) is 35.1 Å². The summed E-state index contributed by atoms with van der Waals surface area (Å²) in [5.41, 5.74) is 1.39. The largest absolute Gasteiger partial charge is 0.374 e. The van der Waals surface area contributed by atoms with Crippen LogP contribution in [0.25, 0.3) is 0 Å². The normalized spacial score (nSPS) is 25.1. The zero-order valence-electron chi connectivity index (χ0n) is 12.4. The monoisotopic (exact) mass is 275 g/mol. The van der Waals surface area contributed by atoms with Crippen LogP contribution in [0, 0.1) is 28.5 Å². The number of halogens is 1. The summed E-state index contributed by atoms with van der Waals surface area (Å²) in [5, 5.41) is 8.85. The van der Waals surface area contributed by atoms with Crippen molar-refractivity contribution in [3.8, 4) is 6.07 Å². The van der Waals surface area contributed by atoms with Crippen LogP contribution in [0.3, 0.4) is 0 Å². The minimum absolute atomic E-state index is 0.225. The Balaban J connectivity index is 1.98. The lowest BCUT2D eigenvalue weighted by atomic mass is 9.71. The molecule has 0 aliphatic heterocycles. The Morgan fingerprint density at radius 3 is 2.75 bits per heavy atom. The molecule has 1 aromatic rings. The molecule has 0 spiro atoms. The van der Waals surface area contributed by atoms with Crippen LogP contribution >= 0.6 is 0 Å². The first kappa shape index (κ1) is 15.0. The number of nitrogens with zero attached hydrogens (tertiary/aromatic N) is 1. The number of benzene rings is 1. The summed E-state index contributed by atoms with van der Waals surface area (Å²) in [7, 11) is 0. The number of hydrogen-bond acceptors (Lipinski definition) is 2. The van der Waals surface area contributed by atoms with E-state index < -0.39 is 0 Å². The summed E-state index contributed by atoms with van der Waals surface area (Å²) in [5.74, 6) is 0.283. The van der Waals surface area contributed by atoms with E-state index in [9.17, 15) is 4.39 Å². The molecule has 0 N–H and O–H groups in total. The highest BCUT2D eigenvalue weighted by molar-refractivity contribution is 5.33. The van der Waals surface area contributed by atoms with Crippen LogP contribution in [-0.2, 0) is 11.3 Å². The Labute approximate surface area is 120 Å². The van der Waals surface area contributed by atoms with Gasteiger partial charge in [0.2, 0.25) is 0 Å². The summed E-state index contributed by atoms with van der Waals surface area (Å²) < 4.78 is 19.3. The molecule has 2 rings (SSSR count). The average molecular weight is 275 g/mol. The quantitative estimate of drug-likeness (QED) is 0.817. The highest BCUT2D eigenvalue weighted by Gasteiger charge is 2.32. The first-order valence-electron chi connectivity index (χ1n) is 7.19. The van der Waals surface area contributed by atoms with E-state index in [0.717, 1.165) is 18.4 Å². The third-order valence-electron chi connectivity index (χ3n) is 3.92. The average Bonchev–Trinajstić information content (AvgIpc) is 2.33. The van der Waals surface area contributed by atoms with Crippen molar-refractivity contribution in [3.63, 3.8) is 0 Å². The van der Waals surface area contributed by atoms with Crippen LogP contribution in [0.4, 0.5) is 4.39 Å². The Hall–Kier alpha value is -1.40. The van der Waals surface area contributed by atoms with E-state index in [2.05, 4.69) is 20.8 Å². The van der Waals surface area contributed by atoms with Crippen molar-refractivity contribution >= 4 is 0 Å². The van der Waals surface area contributed by atoms with Gasteiger partial charge >= 0.3 is 0 Å². The number of rotatable bonds is 3. The summed E-state index contributed by atoms with van der Waals surface area (Å²) >= 11 is 0. The van der Waals surface area contributed by atoms with Gasteiger partial charge in [0, 0.05) is 0 Å². The lowest BCUT2D eigenvalue weighted by molar-refractivity contribution is -0.0316. The smallest absolute Gasteiger partial charge is 0.124 e. The second kappa shape index (κ2) is 5.93. The predicted octanol–water partition coefficient (Wildman–Crippen LogP) is 4.43. The third-order valence-corrected chi connectivity index (χ3v) is 3.92. The van der Waals surface area contributed by atoms with Crippen molar-refractivity contribution < 1.29 is 9.13 Å². The molecule has 0 saturated heterocycles. The number of ether oxygens (including phenoxy) is 1. The lowest BCUT2D eigenvalue weighted by Crippen LogP contribution is -2.32. The standard InChI is InChI=1S/C17H22FNO/c1-12-4-16(9-17(2,3)8-12)20-11-14-5-13(10-19)6-15(18)7-14/h5-7,12,16H,4,8-9,11H2,1-3H3. The molecule has 2 atom stereocenters. The second-order valence-corrected chi connectivity index (χ2v) is 6.81. The molecule has 108 valence electrons. The fourth-order valence-electron chi connectivity index (χ4n) is 3.40. The van der Waals surface area contributed by atoms with E-state index in [-0.39, 0.29) is 11.9 Å². The molecule has 2 nitrogen and oxygen atoms in total. The molecule has 1 aliphatic carbocycles. The van der Waals surface area contributed by atoms with Gasteiger partial charge in [-0.1, -0.05) is 20.8 Å². The van der Waals surface area contributed by atoms with Crippen molar-refractivity contribution in [1.82, 2.24) is 0 Å². The van der Waals surface area contributed by atoms with Gasteiger partial charge in [-0.05, 0) is 54.4 Å². The number of hydrogen-bond donors (Lipinski definition) is 0. The van der Waals surface area contributed by atoms with Gasteiger partial charge in [0.05, 0.1) is 24.3 Å². The molecule has 1 aliphatic rings. The topological polar surface area (TPSA) is 33.0 Å². The zero-order chi connectivity index (χ0) is 14.8. The third kappa shape index (κ3) is 4.05. The SMILES string of the molecule is CC1CC(OCc2cc(F)cc(C#N)c2)CC(C)(C)C1. The molecule has 0 heterocycles. The molecule has 0 bridgehead atoms. The van der Waals surface area contributed by atoms with Crippen LogP contribution in [-0.4, -0.2) is 6.10 Å². The Bertz CT molecular complexity index is 518. The summed E-state index contributed by atoms with van der Waals surface area (Å²) in [4.78, 5) is 0. The van der Waals surface area contributed by atoms with E-state index in [4.69, 9.17) is 10.00 Å². The Morgan fingerprint density at radius 2 is 2.10 bits per heavy atom. The molecule has 0 amide bonds.